The molecule has 21 heteroatoms. The van der Waals surface area contributed by atoms with E-state index in [1.165, 1.54) is 36.9 Å². The average Bonchev–Trinajstić information content (AvgIpc) is 3.72. The second kappa shape index (κ2) is 16.7. The van der Waals surface area contributed by atoms with Crippen LogP contribution in [-0.2, 0) is 19.9 Å². The minimum atomic E-state index is -4.65. The summed E-state index contributed by atoms with van der Waals surface area (Å²) in [5.74, 6) is -4.36. The lowest BCUT2D eigenvalue weighted by atomic mass is 10.1. The number of nitrogens with one attached hydrogen (secondary N) is 5. The number of hydrogen-bond acceptors (Lipinski definition) is 12. The lowest BCUT2D eigenvalue weighted by Crippen LogP contribution is -2.44. The lowest BCUT2D eigenvalue weighted by Gasteiger charge is -2.19. The van der Waals surface area contributed by atoms with Crippen LogP contribution in [0.5, 0.6) is 6.01 Å². The molecule has 6 rings (SSSR count). The molecule has 0 radical (unpaired) electrons. The number of benzene rings is 3. The summed E-state index contributed by atoms with van der Waals surface area (Å²) in [5, 5.41) is 30.8. The Morgan fingerprint density at radius 2 is 1.59 bits per heavy atom. The smallest absolute Gasteiger partial charge is 0.422 e. The maximum Gasteiger partial charge on any atom is 0.422 e. The molecular weight excluding hydrogens is 763 g/mol. The zero-order valence-corrected chi connectivity index (χ0v) is 29.6. The standard InChI is InChI=1S/C35H31ClF3N11O6/c36-22-8-6-21(7-9-22)34(13-14-34)49-32-46-31(47-33(48-32)56-17-35(37,38)39)44-23-10-4-20(5-11-23)27(51)45-26(30(54)55)12-15-40-28(52)29(53)43-24-2-1-3-25(16-24)50-18-41-42-19-50/h1-11,16,18-19,26H,12-15,17H2,(H,40,52)(H,43,53)(H,45,51)(H,54,55)(H2,44,46,47,48,49)/t26-/m0/s1. The minimum absolute atomic E-state index is 0.0472. The van der Waals surface area contributed by atoms with E-state index in [9.17, 15) is 37.5 Å². The maximum absolute atomic E-state index is 13.0. The van der Waals surface area contributed by atoms with Crippen LogP contribution in [0, 0.1) is 0 Å². The SMILES string of the molecule is O=C(NCC[C@H](NC(=O)c1ccc(Nc2nc(NC3(c4ccc(Cl)cc4)CC3)nc(OCC(F)(F)F)n2)cc1)C(=O)O)C(=O)Nc1cccc(-n2cnnc2)c1. The lowest BCUT2D eigenvalue weighted by molar-refractivity contribution is -0.154. The predicted octanol–water partition coefficient (Wildman–Crippen LogP) is 4.22. The number of rotatable bonds is 15. The maximum atomic E-state index is 13.0. The molecule has 6 N–H and O–H groups in total. The van der Waals surface area contributed by atoms with E-state index in [-0.39, 0.29) is 30.4 Å². The number of carboxylic acid groups (broad SMARTS) is 1. The fourth-order valence-corrected chi connectivity index (χ4v) is 5.41. The number of carbonyl (C=O) groups is 4. The van der Waals surface area contributed by atoms with Crippen molar-refractivity contribution in [3.63, 3.8) is 0 Å². The number of anilines is 4. The van der Waals surface area contributed by atoms with Gasteiger partial charge in [0.05, 0.1) is 11.2 Å². The zero-order chi connectivity index (χ0) is 39.9. The van der Waals surface area contributed by atoms with Crippen LogP contribution in [0.25, 0.3) is 5.69 Å². The molecule has 1 aliphatic rings. The number of carboxylic acids is 1. The first-order chi connectivity index (χ1) is 26.7. The first-order valence-electron chi connectivity index (χ1n) is 16.7. The number of amides is 3. The van der Waals surface area contributed by atoms with Gasteiger partial charge in [0.2, 0.25) is 11.9 Å². The number of aliphatic carboxylic acids is 1. The second-order valence-electron chi connectivity index (χ2n) is 12.4. The van der Waals surface area contributed by atoms with Crippen molar-refractivity contribution in [2.75, 3.05) is 29.1 Å². The van der Waals surface area contributed by atoms with Crippen molar-refractivity contribution >= 4 is 58.6 Å². The Morgan fingerprint density at radius 1 is 0.893 bits per heavy atom. The van der Waals surface area contributed by atoms with Crippen molar-refractivity contribution in [3.05, 3.63) is 102 Å². The summed E-state index contributed by atoms with van der Waals surface area (Å²) in [4.78, 5) is 62.0. The summed E-state index contributed by atoms with van der Waals surface area (Å²) >= 11 is 6.02. The predicted molar refractivity (Wildman–Crippen MR) is 194 cm³/mol. The molecule has 0 bridgehead atoms. The summed E-state index contributed by atoms with van der Waals surface area (Å²) in [5.41, 5.74) is 1.64. The number of hydrogen-bond donors (Lipinski definition) is 6. The van der Waals surface area contributed by atoms with Crippen LogP contribution in [-0.4, -0.2) is 83.9 Å². The number of ether oxygens (including phenoxy) is 1. The topological polar surface area (TPSA) is 227 Å². The molecule has 290 valence electrons. The molecule has 17 nitrogen and oxygen atoms in total. The molecule has 1 aliphatic carbocycles. The van der Waals surface area contributed by atoms with Gasteiger partial charge in [-0.1, -0.05) is 29.8 Å². The van der Waals surface area contributed by atoms with Crippen molar-refractivity contribution in [1.82, 2.24) is 40.3 Å². The highest BCUT2D eigenvalue weighted by atomic mass is 35.5. The third-order valence-corrected chi connectivity index (χ3v) is 8.48. The third-order valence-electron chi connectivity index (χ3n) is 8.23. The number of nitrogens with zero attached hydrogens (tertiary/aromatic N) is 6. The van der Waals surface area contributed by atoms with Crippen LogP contribution < -0.4 is 31.3 Å². The van der Waals surface area contributed by atoms with Crippen LogP contribution in [0.1, 0.15) is 35.2 Å². The van der Waals surface area contributed by atoms with Gasteiger partial charge >= 0.3 is 30.0 Å². The second-order valence-corrected chi connectivity index (χ2v) is 12.8. The molecule has 1 saturated carbocycles. The summed E-state index contributed by atoms with van der Waals surface area (Å²) in [7, 11) is 0. The van der Waals surface area contributed by atoms with Gasteiger partial charge in [0, 0.05) is 28.5 Å². The van der Waals surface area contributed by atoms with E-state index >= 15 is 0 Å². The molecule has 5 aromatic rings. The fraction of sp³-hybridized carbons (Fsp3) is 0.229. The van der Waals surface area contributed by atoms with Crippen LogP contribution in [0.4, 0.5) is 36.4 Å². The monoisotopic (exact) mass is 793 g/mol. The summed E-state index contributed by atoms with van der Waals surface area (Å²) in [6.07, 6.45) is -0.594. The van der Waals surface area contributed by atoms with Gasteiger partial charge in [-0.15, -0.1) is 10.2 Å². The molecule has 3 amide bonds. The Balaban J connectivity index is 1.04. The molecule has 0 saturated heterocycles. The van der Waals surface area contributed by atoms with E-state index in [4.69, 9.17) is 16.3 Å². The Bertz CT molecular complexity index is 2200. The van der Waals surface area contributed by atoms with E-state index in [2.05, 4.69) is 51.7 Å². The number of halogens is 4. The van der Waals surface area contributed by atoms with Crippen molar-refractivity contribution < 1.29 is 42.2 Å². The molecule has 1 atom stereocenters. The van der Waals surface area contributed by atoms with Crippen LogP contribution in [0.3, 0.4) is 0 Å². The summed E-state index contributed by atoms with van der Waals surface area (Å²) < 4.78 is 45.2. The average molecular weight is 794 g/mol. The number of aromatic nitrogens is 6. The quantitative estimate of drug-likeness (QED) is 0.0818. The number of alkyl halides is 3. The summed E-state index contributed by atoms with van der Waals surface area (Å²) in [6, 6.07) is 17.2. The van der Waals surface area contributed by atoms with E-state index in [1.807, 2.05) is 12.1 Å². The van der Waals surface area contributed by atoms with Crippen molar-refractivity contribution in [2.24, 2.45) is 0 Å². The molecule has 0 unspecified atom stereocenters. The van der Waals surface area contributed by atoms with E-state index in [0.717, 1.165) is 5.56 Å². The van der Waals surface area contributed by atoms with Gasteiger partial charge in [0.15, 0.2) is 6.61 Å². The third kappa shape index (κ3) is 10.4. The van der Waals surface area contributed by atoms with Crippen LogP contribution >= 0.6 is 11.6 Å². The highest BCUT2D eigenvalue weighted by Gasteiger charge is 2.45. The molecule has 3 aromatic carbocycles. The Hall–Kier alpha value is -6.83. The molecule has 1 fully saturated rings. The van der Waals surface area contributed by atoms with Crippen molar-refractivity contribution in [2.45, 2.75) is 37.0 Å². The van der Waals surface area contributed by atoms with Crippen LogP contribution in [0.15, 0.2) is 85.5 Å². The Labute approximate surface area is 320 Å². The van der Waals surface area contributed by atoms with E-state index in [1.54, 1.807) is 41.0 Å². The van der Waals surface area contributed by atoms with Gasteiger partial charge in [-0.3, -0.25) is 19.0 Å². The molecule has 56 heavy (non-hydrogen) atoms. The van der Waals surface area contributed by atoms with Gasteiger partial charge in [-0.05, 0) is 79.4 Å². The van der Waals surface area contributed by atoms with Crippen molar-refractivity contribution in [1.29, 1.82) is 0 Å². The van der Waals surface area contributed by atoms with Gasteiger partial charge in [-0.25, -0.2) is 4.79 Å². The van der Waals surface area contributed by atoms with Gasteiger partial charge < -0.3 is 36.4 Å². The molecule has 0 aliphatic heterocycles. The van der Waals surface area contributed by atoms with Gasteiger partial charge in [0.25, 0.3) is 5.91 Å². The van der Waals surface area contributed by atoms with Crippen LogP contribution in [0.2, 0.25) is 5.02 Å². The first-order valence-corrected chi connectivity index (χ1v) is 17.1. The van der Waals surface area contributed by atoms with Gasteiger partial charge in [-0.2, -0.15) is 28.1 Å². The number of carbonyl (C=O) groups excluding carboxylic acids is 3. The van der Waals surface area contributed by atoms with Gasteiger partial charge in [0.1, 0.15) is 18.7 Å². The molecule has 0 spiro atoms. The first kappa shape index (κ1) is 38.9. The minimum Gasteiger partial charge on any atom is -0.480 e. The Kier molecular flexibility index (Phi) is 11.6. The summed E-state index contributed by atoms with van der Waals surface area (Å²) in [6.45, 7) is -1.89. The normalized spacial score (nSPS) is 13.5. The molecule has 2 heterocycles. The molecule has 2 aromatic heterocycles. The Morgan fingerprint density at radius 3 is 2.25 bits per heavy atom. The van der Waals surface area contributed by atoms with E-state index in [0.29, 0.717) is 34.9 Å². The largest absolute Gasteiger partial charge is 0.480 e. The zero-order valence-electron chi connectivity index (χ0n) is 28.9. The fourth-order valence-electron chi connectivity index (χ4n) is 5.28. The highest BCUT2D eigenvalue weighted by molar-refractivity contribution is 6.39. The molecular formula is C35H31ClF3N11O6. The van der Waals surface area contributed by atoms with E-state index < -0.39 is 54.1 Å². The highest BCUT2D eigenvalue weighted by Crippen LogP contribution is 2.48. The van der Waals surface area contributed by atoms with Crippen molar-refractivity contribution in [3.8, 4) is 11.7 Å².